The molecule has 2 aliphatic rings. The van der Waals surface area contributed by atoms with Gasteiger partial charge < -0.3 is 15.7 Å². The summed E-state index contributed by atoms with van der Waals surface area (Å²) in [6, 6.07) is 10.7. The van der Waals surface area contributed by atoms with E-state index in [4.69, 9.17) is 0 Å². The highest BCUT2D eigenvalue weighted by atomic mass is 19.1. The number of rotatable bonds is 3. The van der Waals surface area contributed by atoms with Crippen molar-refractivity contribution < 1.29 is 19.1 Å². The lowest BCUT2D eigenvalue weighted by Gasteiger charge is -2.29. The van der Waals surface area contributed by atoms with Crippen molar-refractivity contribution in [3.8, 4) is 0 Å². The maximum absolute atomic E-state index is 13.2. The third-order valence-electron chi connectivity index (χ3n) is 5.64. The number of aryl methyl sites for hydroxylation is 1. The molecule has 0 unspecified atom stereocenters. The molecule has 2 amide bonds. The highest BCUT2D eigenvalue weighted by Crippen LogP contribution is 2.48. The minimum atomic E-state index is -1.26. The molecule has 2 aromatic carbocycles. The number of fused-ring (bicyclic) bond motifs is 2. The summed E-state index contributed by atoms with van der Waals surface area (Å²) in [5.41, 5.74) is 1.53. The summed E-state index contributed by atoms with van der Waals surface area (Å²) in [5.74, 6) is -1.80. The van der Waals surface area contributed by atoms with Gasteiger partial charge in [0.1, 0.15) is 11.4 Å². The van der Waals surface area contributed by atoms with Crippen LogP contribution >= 0.6 is 0 Å². The maximum atomic E-state index is 13.2. The third kappa shape index (κ3) is 2.87. The predicted molar refractivity (Wildman–Crippen MR) is 103 cm³/mol. The van der Waals surface area contributed by atoms with Gasteiger partial charge >= 0.3 is 0 Å². The topological polar surface area (TPSA) is 90.5 Å². The summed E-state index contributed by atoms with van der Waals surface area (Å²) in [5, 5.41) is 19.0. The van der Waals surface area contributed by atoms with E-state index in [-0.39, 0.29) is 11.8 Å². The molecule has 4 atom stereocenters. The van der Waals surface area contributed by atoms with Crippen molar-refractivity contribution in [3.05, 3.63) is 59.4 Å². The van der Waals surface area contributed by atoms with Gasteiger partial charge in [-0.3, -0.25) is 14.9 Å². The van der Waals surface area contributed by atoms with E-state index in [1.165, 1.54) is 24.3 Å². The molecular formula is C21H22FN3O3. The Balaban J connectivity index is 1.74. The number of carbonyl (C=O) groups is 2. The van der Waals surface area contributed by atoms with Gasteiger partial charge in [0.15, 0.2) is 0 Å². The van der Waals surface area contributed by atoms with Crippen LogP contribution in [0, 0.1) is 18.7 Å². The van der Waals surface area contributed by atoms with Crippen molar-refractivity contribution in [3.63, 3.8) is 0 Å². The molecule has 1 saturated heterocycles. The smallest absolute Gasteiger partial charge is 0.250 e. The van der Waals surface area contributed by atoms with Crippen LogP contribution in [0.4, 0.5) is 15.8 Å². The van der Waals surface area contributed by atoms with Crippen molar-refractivity contribution >= 4 is 23.2 Å². The van der Waals surface area contributed by atoms with Crippen LogP contribution in [0.2, 0.25) is 0 Å². The summed E-state index contributed by atoms with van der Waals surface area (Å²) in [6.45, 7) is 3.56. The summed E-state index contributed by atoms with van der Waals surface area (Å²) >= 11 is 0. The highest BCUT2D eigenvalue weighted by molar-refractivity contribution is 6.10. The zero-order chi connectivity index (χ0) is 20.1. The number of anilines is 2. The molecule has 1 fully saturated rings. The van der Waals surface area contributed by atoms with Gasteiger partial charge in [0.05, 0.1) is 12.0 Å². The van der Waals surface area contributed by atoms with Gasteiger partial charge in [0.2, 0.25) is 11.8 Å². The summed E-state index contributed by atoms with van der Waals surface area (Å²) < 4.78 is 13.2. The molecule has 0 aliphatic carbocycles. The fourth-order valence-corrected chi connectivity index (χ4v) is 4.19. The molecule has 146 valence electrons. The lowest BCUT2D eigenvalue weighted by Crippen LogP contribution is -2.53. The molecule has 2 heterocycles. The van der Waals surface area contributed by atoms with Crippen molar-refractivity contribution in [1.29, 1.82) is 0 Å². The number of hydrogen-bond donors (Lipinski definition) is 4. The number of halogens is 1. The second kappa shape index (κ2) is 6.68. The zero-order valence-electron chi connectivity index (χ0n) is 15.6. The molecule has 7 heteroatoms. The predicted octanol–water partition coefficient (Wildman–Crippen LogP) is 2.28. The lowest BCUT2D eigenvalue weighted by atomic mass is 9.79. The van der Waals surface area contributed by atoms with Crippen LogP contribution in [0.5, 0.6) is 0 Å². The molecule has 4 rings (SSSR count). The van der Waals surface area contributed by atoms with Gasteiger partial charge in [0, 0.05) is 23.0 Å². The fraction of sp³-hybridized carbons (Fsp3) is 0.333. The fourth-order valence-electron chi connectivity index (χ4n) is 4.19. The van der Waals surface area contributed by atoms with E-state index in [0.29, 0.717) is 23.4 Å². The van der Waals surface area contributed by atoms with Crippen molar-refractivity contribution in [2.24, 2.45) is 5.92 Å². The van der Waals surface area contributed by atoms with Crippen LogP contribution in [0.3, 0.4) is 0 Å². The molecular weight excluding hydrogens is 361 g/mol. The van der Waals surface area contributed by atoms with E-state index in [2.05, 4.69) is 16.0 Å². The molecule has 6 nitrogen and oxygen atoms in total. The minimum Gasteiger partial charge on any atom is -0.392 e. The number of benzene rings is 2. The van der Waals surface area contributed by atoms with Gasteiger partial charge in [-0.25, -0.2) is 4.39 Å². The van der Waals surface area contributed by atoms with Crippen molar-refractivity contribution in [2.75, 3.05) is 10.6 Å². The number of nitrogens with one attached hydrogen (secondary N) is 3. The Labute approximate surface area is 162 Å². The Hall–Kier alpha value is -2.77. The van der Waals surface area contributed by atoms with Crippen LogP contribution < -0.4 is 16.0 Å². The largest absolute Gasteiger partial charge is 0.392 e. The second-order valence-corrected chi connectivity index (χ2v) is 7.59. The second-order valence-electron chi connectivity index (χ2n) is 7.59. The van der Waals surface area contributed by atoms with Gasteiger partial charge in [-0.2, -0.15) is 0 Å². The molecule has 1 spiro atoms. The standard InChI is InChI=1S/C21H22FN3O3/c1-11-3-8-17-15(9-11)21(20(28)24-17)16(10-18(25-21)12(2)26)19(27)23-14-6-4-13(22)5-7-14/h3-9,12,16,18,25-26H,10H2,1-2H3,(H,23,27)(H,24,28)/t12-,16+,18+,21-/m0/s1. The van der Waals surface area contributed by atoms with Gasteiger partial charge in [-0.1, -0.05) is 17.7 Å². The van der Waals surface area contributed by atoms with Crippen molar-refractivity contribution in [2.45, 2.75) is 38.0 Å². The average molecular weight is 383 g/mol. The van der Waals surface area contributed by atoms with E-state index in [0.717, 1.165) is 5.56 Å². The first-order valence-corrected chi connectivity index (χ1v) is 9.26. The molecule has 2 aliphatic heterocycles. The number of aliphatic hydroxyl groups is 1. The monoisotopic (exact) mass is 383 g/mol. The molecule has 0 radical (unpaired) electrons. The van der Waals surface area contributed by atoms with Crippen LogP contribution in [0.15, 0.2) is 42.5 Å². The quantitative estimate of drug-likeness (QED) is 0.655. The Morgan fingerprint density at radius 2 is 2.00 bits per heavy atom. The molecule has 0 bridgehead atoms. The van der Waals surface area contributed by atoms with Gasteiger partial charge in [0.25, 0.3) is 0 Å². The Kier molecular flexibility index (Phi) is 4.44. The summed E-state index contributed by atoms with van der Waals surface area (Å²) in [7, 11) is 0. The van der Waals surface area contributed by atoms with Crippen LogP contribution in [0.25, 0.3) is 0 Å². The number of amides is 2. The summed E-state index contributed by atoms with van der Waals surface area (Å²) in [6.07, 6.45) is -0.437. The van der Waals surface area contributed by atoms with Crippen LogP contribution in [0.1, 0.15) is 24.5 Å². The number of carbonyl (C=O) groups excluding carboxylic acids is 2. The molecule has 2 aromatic rings. The highest BCUT2D eigenvalue weighted by Gasteiger charge is 2.60. The first-order valence-electron chi connectivity index (χ1n) is 9.26. The van der Waals surface area contributed by atoms with Gasteiger partial charge in [-0.05, 0) is 50.6 Å². The SMILES string of the molecule is Cc1ccc2c(c1)[C@@]1(N[C@@H]([C@H](C)O)C[C@@H]1C(=O)Nc1ccc(F)cc1)C(=O)N2. The number of hydrogen-bond acceptors (Lipinski definition) is 4. The van der Waals surface area contributed by atoms with E-state index in [1.807, 2.05) is 25.1 Å². The summed E-state index contributed by atoms with van der Waals surface area (Å²) in [4.78, 5) is 26.2. The zero-order valence-corrected chi connectivity index (χ0v) is 15.6. The molecule has 4 N–H and O–H groups in total. The third-order valence-corrected chi connectivity index (χ3v) is 5.64. The molecule has 28 heavy (non-hydrogen) atoms. The Bertz CT molecular complexity index is 944. The minimum absolute atomic E-state index is 0.297. The molecule has 0 aromatic heterocycles. The van der Waals surface area contributed by atoms with E-state index >= 15 is 0 Å². The number of aliphatic hydroxyl groups excluding tert-OH is 1. The van der Waals surface area contributed by atoms with E-state index in [9.17, 15) is 19.1 Å². The normalized spacial score (nSPS) is 26.8. The first-order chi connectivity index (χ1) is 13.3. The Morgan fingerprint density at radius 3 is 2.68 bits per heavy atom. The Morgan fingerprint density at radius 1 is 1.29 bits per heavy atom. The van der Waals surface area contributed by atoms with Crippen LogP contribution in [-0.4, -0.2) is 29.1 Å². The average Bonchev–Trinajstić information content (AvgIpc) is 3.18. The van der Waals surface area contributed by atoms with Crippen LogP contribution in [-0.2, 0) is 15.1 Å². The van der Waals surface area contributed by atoms with Crippen molar-refractivity contribution in [1.82, 2.24) is 5.32 Å². The first kappa shape index (κ1) is 18.6. The van der Waals surface area contributed by atoms with Gasteiger partial charge in [-0.15, -0.1) is 0 Å². The molecule has 0 saturated carbocycles. The van der Waals surface area contributed by atoms with E-state index in [1.54, 1.807) is 6.92 Å². The lowest BCUT2D eigenvalue weighted by molar-refractivity contribution is -0.130. The van der Waals surface area contributed by atoms with E-state index < -0.39 is 29.4 Å². The maximum Gasteiger partial charge on any atom is 0.250 e.